The molecule has 7 heteroatoms. The molecule has 0 unspecified atom stereocenters. The fraction of sp³-hybridized carbons (Fsp3) is 0.474. The minimum absolute atomic E-state index is 0.00448. The van der Waals surface area contributed by atoms with E-state index in [1.807, 2.05) is 35.0 Å². The van der Waals surface area contributed by atoms with Gasteiger partial charge < -0.3 is 24.5 Å². The summed E-state index contributed by atoms with van der Waals surface area (Å²) in [5.74, 6) is 0.735. The minimum atomic E-state index is -0.165. The van der Waals surface area contributed by atoms with E-state index in [2.05, 4.69) is 10.3 Å². The fourth-order valence-electron chi connectivity index (χ4n) is 2.96. The summed E-state index contributed by atoms with van der Waals surface area (Å²) in [6.45, 7) is 1.85. The number of carbonyl (C=O) groups excluding carboxylic acids is 1. The van der Waals surface area contributed by atoms with Gasteiger partial charge in [-0.1, -0.05) is 12.1 Å². The Balaban J connectivity index is 1.48. The van der Waals surface area contributed by atoms with Crippen LogP contribution in [0.2, 0.25) is 0 Å². The van der Waals surface area contributed by atoms with E-state index in [4.69, 9.17) is 14.6 Å². The van der Waals surface area contributed by atoms with Gasteiger partial charge >= 0.3 is 0 Å². The highest BCUT2D eigenvalue weighted by atomic mass is 16.5. The second-order valence-corrected chi connectivity index (χ2v) is 6.40. The van der Waals surface area contributed by atoms with Crippen LogP contribution < -0.4 is 10.1 Å². The molecule has 1 fully saturated rings. The molecule has 26 heavy (non-hydrogen) atoms. The van der Waals surface area contributed by atoms with Gasteiger partial charge in [0.2, 0.25) is 5.91 Å². The number of benzene rings is 1. The van der Waals surface area contributed by atoms with E-state index in [1.165, 1.54) is 0 Å². The molecule has 1 saturated heterocycles. The Kier molecular flexibility index (Phi) is 6.62. The van der Waals surface area contributed by atoms with Crippen LogP contribution in [0.5, 0.6) is 5.75 Å². The molecule has 2 N–H and O–H groups in total. The maximum atomic E-state index is 12.2. The first kappa shape index (κ1) is 18.4. The van der Waals surface area contributed by atoms with Gasteiger partial charge in [0.15, 0.2) is 0 Å². The molecule has 1 aliphatic rings. The van der Waals surface area contributed by atoms with Gasteiger partial charge in [0.1, 0.15) is 11.9 Å². The van der Waals surface area contributed by atoms with Crippen LogP contribution in [0, 0.1) is 0 Å². The normalized spacial score (nSPS) is 19.9. The number of ether oxygens (including phenoxy) is 2. The Morgan fingerprint density at radius 2 is 2.23 bits per heavy atom. The van der Waals surface area contributed by atoms with Crippen LogP contribution in [-0.4, -0.2) is 45.9 Å². The van der Waals surface area contributed by atoms with Crippen molar-refractivity contribution in [2.24, 2.45) is 0 Å². The van der Waals surface area contributed by atoms with Crippen molar-refractivity contribution in [1.29, 1.82) is 0 Å². The molecule has 7 nitrogen and oxygen atoms in total. The summed E-state index contributed by atoms with van der Waals surface area (Å²) in [5, 5.41) is 12.2. The van der Waals surface area contributed by atoms with Crippen molar-refractivity contribution >= 4 is 5.91 Å². The molecule has 1 aliphatic heterocycles. The van der Waals surface area contributed by atoms with Crippen LogP contribution in [0.3, 0.4) is 0 Å². The smallest absolute Gasteiger partial charge is 0.220 e. The third-order valence-corrected chi connectivity index (χ3v) is 4.41. The summed E-state index contributed by atoms with van der Waals surface area (Å²) in [5.41, 5.74) is 0.840. The van der Waals surface area contributed by atoms with Gasteiger partial charge in [-0.25, -0.2) is 4.98 Å². The summed E-state index contributed by atoms with van der Waals surface area (Å²) in [7, 11) is 0. The lowest BCUT2D eigenvalue weighted by Crippen LogP contribution is -2.51. The van der Waals surface area contributed by atoms with Gasteiger partial charge in [0, 0.05) is 31.8 Å². The average Bonchev–Trinajstić information content (AvgIpc) is 3.17. The highest BCUT2D eigenvalue weighted by molar-refractivity contribution is 5.76. The van der Waals surface area contributed by atoms with E-state index in [-0.39, 0.29) is 24.7 Å². The molecule has 1 aromatic carbocycles. The molecule has 0 radical (unpaired) electrons. The Hall–Kier alpha value is -2.38. The van der Waals surface area contributed by atoms with Crippen molar-refractivity contribution in [3.63, 3.8) is 0 Å². The van der Waals surface area contributed by atoms with E-state index in [1.54, 1.807) is 12.5 Å². The first-order valence-corrected chi connectivity index (χ1v) is 8.94. The predicted octanol–water partition coefficient (Wildman–Crippen LogP) is 1.51. The summed E-state index contributed by atoms with van der Waals surface area (Å²) in [4.78, 5) is 16.2. The summed E-state index contributed by atoms with van der Waals surface area (Å²) in [6, 6.07) is 7.18. The number of aliphatic hydroxyl groups is 1. The number of aromatic nitrogens is 2. The molecule has 2 heterocycles. The van der Waals surface area contributed by atoms with Gasteiger partial charge in [-0.2, -0.15) is 0 Å². The van der Waals surface area contributed by atoms with E-state index < -0.39 is 0 Å². The number of amides is 1. The number of hydrogen-bond donors (Lipinski definition) is 2. The number of nitrogens with zero attached hydrogens (tertiary/aromatic N) is 2. The zero-order valence-corrected chi connectivity index (χ0v) is 14.7. The lowest BCUT2D eigenvalue weighted by Gasteiger charge is -2.32. The van der Waals surface area contributed by atoms with Crippen molar-refractivity contribution in [3.8, 4) is 5.75 Å². The number of carbonyl (C=O) groups is 1. The zero-order valence-electron chi connectivity index (χ0n) is 14.7. The van der Waals surface area contributed by atoms with Crippen LogP contribution in [0.4, 0.5) is 0 Å². The second kappa shape index (κ2) is 9.35. The summed E-state index contributed by atoms with van der Waals surface area (Å²) >= 11 is 0. The molecule has 0 saturated carbocycles. The molecule has 1 aromatic heterocycles. The maximum Gasteiger partial charge on any atom is 0.220 e. The average molecular weight is 359 g/mol. The molecular formula is C19H25N3O4. The van der Waals surface area contributed by atoms with Gasteiger partial charge in [-0.3, -0.25) is 4.79 Å². The molecule has 2 aromatic rings. The number of imidazole rings is 1. The van der Waals surface area contributed by atoms with Gasteiger partial charge in [-0.05, 0) is 24.1 Å². The molecule has 0 aliphatic carbocycles. The standard InChI is InChI=1S/C19H25N3O4/c23-12-15-3-5-16(6-4-15)26-18-7-11-25-13-17(18)21-19(24)2-1-9-22-10-8-20-14-22/h3-6,8,10,14,17-18,23H,1-2,7,9,11-13H2,(H,21,24)/t17-,18-/m1/s1. The number of aryl methyl sites for hydroxylation is 1. The summed E-state index contributed by atoms with van der Waals surface area (Å²) in [6.07, 6.45) is 7.17. The zero-order chi connectivity index (χ0) is 18.2. The fourth-order valence-corrected chi connectivity index (χ4v) is 2.96. The number of rotatable bonds is 8. The Morgan fingerprint density at radius 1 is 1.38 bits per heavy atom. The molecule has 0 spiro atoms. The van der Waals surface area contributed by atoms with Crippen LogP contribution in [0.15, 0.2) is 43.0 Å². The molecule has 0 bridgehead atoms. The summed E-state index contributed by atoms with van der Waals surface area (Å²) < 4.78 is 13.5. The molecule has 1 amide bonds. The number of hydrogen-bond acceptors (Lipinski definition) is 5. The van der Waals surface area contributed by atoms with Crippen molar-refractivity contribution in [3.05, 3.63) is 48.5 Å². The Morgan fingerprint density at radius 3 is 2.96 bits per heavy atom. The predicted molar refractivity (Wildman–Crippen MR) is 95.6 cm³/mol. The maximum absolute atomic E-state index is 12.2. The highest BCUT2D eigenvalue weighted by Gasteiger charge is 2.28. The monoisotopic (exact) mass is 359 g/mol. The lowest BCUT2D eigenvalue weighted by molar-refractivity contribution is -0.124. The number of aliphatic hydroxyl groups excluding tert-OH is 1. The third-order valence-electron chi connectivity index (χ3n) is 4.41. The van der Waals surface area contributed by atoms with Gasteiger partial charge in [0.05, 0.1) is 32.2 Å². The second-order valence-electron chi connectivity index (χ2n) is 6.40. The number of nitrogens with one attached hydrogen (secondary N) is 1. The van der Waals surface area contributed by atoms with E-state index >= 15 is 0 Å². The molecule has 140 valence electrons. The lowest BCUT2D eigenvalue weighted by atomic mass is 10.1. The Bertz CT molecular complexity index is 673. The minimum Gasteiger partial charge on any atom is -0.488 e. The van der Waals surface area contributed by atoms with E-state index in [9.17, 15) is 4.79 Å². The van der Waals surface area contributed by atoms with Crippen LogP contribution in [0.1, 0.15) is 24.8 Å². The molecule has 2 atom stereocenters. The topological polar surface area (TPSA) is 85.6 Å². The van der Waals surface area contributed by atoms with Crippen molar-refractivity contribution < 1.29 is 19.4 Å². The van der Waals surface area contributed by atoms with Crippen LogP contribution >= 0.6 is 0 Å². The largest absolute Gasteiger partial charge is 0.488 e. The van der Waals surface area contributed by atoms with Crippen molar-refractivity contribution in [2.45, 2.75) is 44.6 Å². The molecule has 3 rings (SSSR count). The van der Waals surface area contributed by atoms with Crippen molar-refractivity contribution in [1.82, 2.24) is 14.9 Å². The van der Waals surface area contributed by atoms with Gasteiger partial charge in [0.25, 0.3) is 0 Å². The molecular weight excluding hydrogens is 334 g/mol. The van der Waals surface area contributed by atoms with Crippen LogP contribution in [-0.2, 0) is 22.7 Å². The Labute approximate surface area is 153 Å². The van der Waals surface area contributed by atoms with Crippen molar-refractivity contribution in [2.75, 3.05) is 13.2 Å². The third kappa shape index (κ3) is 5.31. The SMILES string of the molecule is O=C(CCCn1ccnc1)N[C@@H]1COCC[C@H]1Oc1ccc(CO)cc1. The van der Waals surface area contributed by atoms with Gasteiger partial charge in [-0.15, -0.1) is 0 Å². The first-order chi connectivity index (χ1) is 12.7. The highest BCUT2D eigenvalue weighted by Crippen LogP contribution is 2.19. The quantitative estimate of drug-likeness (QED) is 0.746. The van der Waals surface area contributed by atoms with E-state index in [0.29, 0.717) is 19.6 Å². The van der Waals surface area contributed by atoms with Crippen LogP contribution in [0.25, 0.3) is 0 Å². The first-order valence-electron chi connectivity index (χ1n) is 8.94. The van der Waals surface area contributed by atoms with E-state index in [0.717, 1.165) is 30.7 Å².